The molecule has 0 bridgehead atoms. The lowest BCUT2D eigenvalue weighted by Crippen LogP contribution is -2.58. The number of aliphatic imine (C=N–C) groups is 1. The van der Waals surface area contributed by atoms with E-state index in [9.17, 15) is 29.1 Å². The van der Waals surface area contributed by atoms with Gasteiger partial charge in [0.05, 0.1) is 12.5 Å². The lowest BCUT2D eigenvalue weighted by atomic mass is 10.1. The normalized spacial score (nSPS) is 14.0. The summed E-state index contributed by atoms with van der Waals surface area (Å²) in [4.78, 5) is 64.3. The van der Waals surface area contributed by atoms with Crippen molar-refractivity contribution >= 4 is 48.2 Å². The van der Waals surface area contributed by atoms with Crippen LogP contribution >= 0.6 is 12.6 Å². The van der Waals surface area contributed by atoms with E-state index in [1.54, 1.807) is 0 Å². The molecule has 0 aromatic rings. The second-order valence-electron chi connectivity index (χ2n) is 7.71. The summed E-state index contributed by atoms with van der Waals surface area (Å²) in [5, 5.41) is 16.3. The first-order chi connectivity index (χ1) is 16.4. The van der Waals surface area contributed by atoms with Crippen molar-refractivity contribution in [3.8, 4) is 0 Å². The van der Waals surface area contributed by atoms with Crippen LogP contribution in [0.3, 0.4) is 0 Å². The lowest BCUT2D eigenvalue weighted by Gasteiger charge is -2.24. The Morgan fingerprint density at radius 3 is 1.91 bits per heavy atom. The summed E-state index contributed by atoms with van der Waals surface area (Å²) in [6.07, 6.45) is 1.16. The molecule has 14 N–H and O–H groups in total. The number of carbonyl (C=O) groups excluding carboxylic acids is 4. The van der Waals surface area contributed by atoms with Gasteiger partial charge in [0.25, 0.3) is 0 Å². The van der Waals surface area contributed by atoms with E-state index in [1.165, 1.54) is 0 Å². The van der Waals surface area contributed by atoms with Crippen molar-refractivity contribution in [2.75, 3.05) is 18.8 Å². The first kappa shape index (κ1) is 31.9. The van der Waals surface area contributed by atoms with Gasteiger partial charge in [-0.3, -0.25) is 24.2 Å². The van der Waals surface area contributed by atoms with Crippen molar-refractivity contribution in [2.45, 2.75) is 62.7 Å². The highest BCUT2D eigenvalue weighted by Crippen LogP contribution is 2.04. The van der Waals surface area contributed by atoms with E-state index in [4.69, 9.17) is 28.7 Å². The number of nitrogens with zero attached hydrogens (tertiary/aromatic N) is 1. The number of carbonyl (C=O) groups is 5. The summed E-state index contributed by atoms with van der Waals surface area (Å²) in [5.74, 6) is -4.83. The van der Waals surface area contributed by atoms with Gasteiger partial charge >= 0.3 is 5.97 Å². The zero-order chi connectivity index (χ0) is 27.0. The lowest BCUT2D eigenvalue weighted by molar-refractivity contribution is -0.142. The molecular formula is C19H37N9O6S. The van der Waals surface area contributed by atoms with E-state index in [2.05, 4.69) is 33.6 Å². The number of unbranched alkanes of at least 4 members (excludes halogenated alkanes) is 1. The van der Waals surface area contributed by atoms with Crippen LogP contribution in [0.2, 0.25) is 0 Å². The molecule has 4 unspecified atom stereocenters. The van der Waals surface area contributed by atoms with E-state index in [1.807, 2.05) is 0 Å². The minimum atomic E-state index is -1.47. The minimum absolute atomic E-state index is 0.0883. The maximum Gasteiger partial charge on any atom is 0.326 e. The molecule has 35 heavy (non-hydrogen) atoms. The summed E-state index contributed by atoms with van der Waals surface area (Å²) in [6.45, 7) is 0.630. The molecule has 0 aliphatic carbocycles. The van der Waals surface area contributed by atoms with E-state index < -0.39 is 60.2 Å². The number of hydrogen-bond acceptors (Lipinski definition) is 9. The first-order valence-corrected chi connectivity index (χ1v) is 11.6. The van der Waals surface area contributed by atoms with E-state index in [-0.39, 0.29) is 31.1 Å². The Morgan fingerprint density at radius 1 is 0.829 bits per heavy atom. The van der Waals surface area contributed by atoms with Crippen molar-refractivity contribution < 1.29 is 29.1 Å². The van der Waals surface area contributed by atoms with Gasteiger partial charge in [-0.05, 0) is 38.6 Å². The van der Waals surface area contributed by atoms with Crippen LogP contribution in [-0.2, 0) is 24.0 Å². The van der Waals surface area contributed by atoms with Gasteiger partial charge < -0.3 is 49.7 Å². The van der Waals surface area contributed by atoms with Crippen LogP contribution in [0.15, 0.2) is 4.99 Å². The monoisotopic (exact) mass is 519 g/mol. The van der Waals surface area contributed by atoms with Gasteiger partial charge in [0.1, 0.15) is 18.1 Å². The molecule has 15 nitrogen and oxygen atoms in total. The number of guanidine groups is 1. The highest BCUT2D eigenvalue weighted by molar-refractivity contribution is 7.80. The summed E-state index contributed by atoms with van der Waals surface area (Å²) >= 11 is 4.04. The van der Waals surface area contributed by atoms with Crippen LogP contribution in [0.4, 0.5) is 0 Å². The Bertz CT molecular complexity index is 763. The van der Waals surface area contributed by atoms with Crippen molar-refractivity contribution in [3.05, 3.63) is 0 Å². The molecule has 0 aliphatic rings. The topological polar surface area (TPSA) is 284 Å². The van der Waals surface area contributed by atoms with Crippen LogP contribution in [0.1, 0.15) is 38.5 Å². The largest absolute Gasteiger partial charge is 0.480 e. The minimum Gasteiger partial charge on any atom is -0.480 e. The van der Waals surface area contributed by atoms with Gasteiger partial charge in [-0.1, -0.05) is 0 Å². The molecule has 0 radical (unpaired) electrons. The number of nitrogens with two attached hydrogens (primary N) is 5. The quantitative estimate of drug-likeness (QED) is 0.0361. The predicted octanol–water partition coefficient (Wildman–Crippen LogP) is -4.16. The molecule has 0 rings (SSSR count). The van der Waals surface area contributed by atoms with Crippen molar-refractivity contribution in [1.29, 1.82) is 0 Å². The molecule has 0 heterocycles. The van der Waals surface area contributed by atoms with E-state index in [0.29, 0.717) is 25.8 Å². The molecule has 0 saturated carbocycles. The number of carboxylic acids is 1. The fourth-order valence-corrected chi connectivity index (χ4v) is 3.09. The zero-order valence-corrected chi connectivity index (χ0v) is 20.3. The molecule has 200 valence electrons. The van der Waals surface area contributed by atoms with Gasteiger partial charge in [-0.25, -0.2) is 4.79 Å². The number of aliphatic carboxylic acids is 1. The average molecular weight is 520 g/mol. The molecule has 0 aromatic carbocycles. The van der Waals surface area contributed by atoms with Crippen molar-refractivity contribution in [1.82, 2.24) is 16.0 Å². The number of carboxylic acid groups (broad SMARTS) is 1. The average Bonchev–Trinajstić information content (AvgIpc) is 2.78. The van der Waals surface area contributed by atoms with E-state index >= 15 is 0 Å². The Balaban J connectivity index is 5.13. The fraction of sp³-hybridized carbons (Fsp3) is 0.684. The maximum absolute atomic E-state index is 12.7. The highest BCUT2D eigenvalue weighted by atomic mass is 32.1. The molecule has 0 aromatic heterocycles. The summed E-state index contributed by atoms with van der Waals surface area (Å²) in [6, 6.07) is -4.88. The van der Waals surface area contributed by atoms with Crippen LogP contribution in [0.5, 0.6) is 0 Å². The molecule has 0 saturated heterocycles. The number of hydrogen-bond donors (Lipinski definition) is 10. The van der Waals surface area contributed by atoms with Crippen LogP contribution < -0.4 is 44.6 Å². The van der Waals surface area contributed by atoms with Crippen molar-refractivity contribution in [3.63, 3.8) is 0 Å². The van der Waals surface area contributed by atoms with Crippen LogP contribution in [-0.4, -0.2) is 83.7 Å². The predicted molar refractivity (Wildman–Crippen MR) is 132 cm³/mol. The number of thiol groups is 1. The number of primary amides is 1. The van der Waals surface area contributed by atoms with Crippen LogP contribution in [0.25, 0.3) is 0 Å². The molecule has 0 aliphatic heterocycles. The SMILES string of the molecule is NCCCCC(NC(=O)C(CC(N)=O)NC(=O)C(CS)NC(=O)C(N)CCCN=C(N)N)C(=O)O. The second kappa shape index (κ2) is 17.3. The summed E-state index contributed by atoms with van der Waals surface area (Å²) < 4.78 is 0. The number of amides is 4. The highest BCUT2D eigenvalue weighted by Gasteiger charge is 2.30. The standard InChI is InChI=1S/C19H37N9O6S/c20-6-2-1-5-11(18(33)34)26-16(31)12(8-14(22)29)27-17(32)13(9-35)28-15(30)10(21)4-3-7-25-19(23)24/h10-13,35H,1-9,20-21H2,(H2,22,29)(H,26,31)(H,27,32)(H,28,30)(H,33,34)(H4,23,24,25). The zero-order valence-electron chi connectivity index (χ0n) is 19.4. The summed E-state index contributed by atoms with van der Waals surface area (Å²) in [5.41, 5.74) is 26.8. The fourth-order valence-electron chi connectivity index (χ4n) is 2.83. The van der Waals surface area contributed by atoms with Gasteiger partial charge in [-0.15, -0.1) is 0 Å². The molecule has 4 amide bonds. The number of rotatable bonds is 18. The smallest absolute Gasteiger partial charge is 0.326 e. The molecular weight excluding hydrogens is 482 g/mol. The third-order valence-corrected chi connectivity index (χ3v) is 5.08. The maximum atomic E-state index is 12.7. The third kappa shape index (κ3) is 14.0. The third-order valence-electron chi connectivity index (χ3n) is 4.72. The Labute approximate surface area is 208 Å². The van der Waals surface area contributed by atoms with E-state index in [0.717, 1.165) is 0 Å². The molecule has 0 spiro atoms. The molecule has 16 heteroatoms. The second-order valence-corrected chi connectivity index (χ2v) is 8.08. The summed E-state index contributed by atoms with van der Waals surface area (Å²) in [7, 11) is 0. The Morgan fingerprint density at radius 2 is 1.40 bits per heavy atom. The van der Waals surface area contributed by atoms with Gasteiger partial charge in [0, 0.05) is 12.3 Å². The first-order valence-electron chi connectivity index (χ1n) is 11.0. The number of nitrogens with one attached hydrogen (secondary N) is 3. The van der Waals surface area contributed by atoms with Gasteiger partial charge in [0.2, 0.25) is 23.6 Å². The van der Waals surface area contributed by atoms with Crippen molar-refractivity contribution in [2.24, 2.45) is 33.7 Å². The Kier molecular flexibility index (Phi) is 15.8. The molecule has 0 fully saturated rings. The van der Waals surface area contributed by atoms with Gasteiger partial charge in [-0.2, -0.15) is 12.6 Å². The Hall–Kier alpha value is -3.11. The van der Waals surface area contributed by atoms with Crippen LogP contribution in [0, 0.1) is 0 Å². The van der Waals surface area contributed by atoms with Gasteiger partial charge in [0.15, 0.2) is 5.96 Å². The molecule has 4 atom stereocenters.